The Morgan fingerprint density at radius 1 is 0.840 bits per heavy atom. The first-order valence-corrected chi connectivity index (χ1v) is 8.58. The van der Waals surface area contributed by atoms with Crippen LogP contribution in [0.2, 0.25) is 0 Å². The lowest BCUT2D eigenvalue weighted by Crippen LogP contribution is -2.41. The molecule has 0 amide bonds. The zero-order valence-electron chi connectivity index (χ0n) is 14.2. The quantitative estimate of drug-likeness (QED) is 0.689. The van der Waals surface area contributed by atoms with Gasteiger partial charge >= 0.3 is 0 Å². The fraction of sp³-hybridized carbons (Fsp3) is 0.174. The van der Waals surface area contributed by atoms with E-state index in [0.717, 1.165) is 40.8 Å². The summed E-state index contributed by atoms with van der Waals surface area (Å²) < 4.78 is 5.33. The number of Topliss-reactive ketones (excluding diaryl/α,β-unsaturated/α-hetero) is 1. The normalized spacial score (nSPS) is 15.5. The van der Waals surface area contributed by atoms with Crippen LogP contribution in [0.3, 0.4) is 0 Å². The molecule has 4 rings (SSSR count). The molecule has 0 aromatic heterocycles. The van der Waals surface area contributed by atoms with E-state index in [1.54, 1.807) is 7.11 Å². The predicted molar refractivity (Wildman–Crippen MR) is 99.3 cm³/mol. The Kier molecular flexibility index (Phi) is 3.89. The van der Waals surface area contributed by atoms with Crippen molar-refractivity contribution in [3.05, 3.63) is 101 Å². The van der Waals surface area contributed by atoms with Crippen LogP contribution in [0.15, 0.2) is 78.9 Å². The third kappa shape index (κ3) is 2.45. The van der Waals surface area contributed by atoms with Crippen molar-refractivity contribution >= 4 is 5.78 Å². The van der Waals surface area contributed by atoms with Gasteiger partial charge in [-0.2, -0.15) is 0 Å². The number of fused-ring (bicyclic) bond motifs is 1. The van der Waals surface area contributed by atoms with Crippen LogP contribution in [0.1, 0.15) is 33.5 Å². The summed E-state index contributed by atoms with van der Waals surface area (Å²) in [6.45, 7) is 0. The van der Waals surface area contributed by atoms with Crippen molar-refractivity contribution in [3.63, 3.8) is 0 Å². The molecule has 2 nitrogen and oxygen atoms in total. The monoisotopic (exact) mass is 328 g/mol. The van der Waals surface area contributed by atoms with Crippen LogP contribution >= 0.6 is 0 Å². The minimum atomic E-state index is -0.621. The predicted octanol–water partition coefficient (Wildman–Crippen LogP) is 4.81. The van der Waals surface area contributed by atoms with Crippen molar-refractivity contribution < 1.29 is 9.53 Å². The van der Waals surface area contributed by atoms with E-state index < -0.39 is 5.41 Å². The van der Waals surface area contributed by atoms with Gasteiger partial charge in [0.25, 0.3) is 0 Å². The highest BCUT2D eigenvalue weighted by Crippen LogP contribution is 2.44. The molecule has 2 heteroatoms. The second kappa shape index (κ2) is 6.21. The number of ketones is 1. The molecule has 0 spiro atoms. The topological polar surface area (TPSA) is 26.3 Å². The van der Waals surface area contributed by atoms with Crippen LogP contribution in [0.25, 0.3) is 0 Å². The second-order valence-electron chi connectivity index (χ2n) is 6.49. The molecule has 25 heavy (non-hydrogen) atoms. The van der Waals surface area contributed by atoms with Crippen LogP contribution < -0.4 is 4.74 Å². The minimum absolute atomic E-state index is 0.175. The molecule has 0 heterocycles. The maximum atomic E-state index is 13.7. The number of benzene rings is 3. The van der Waals surface area contributed by atoms with Crippen molar-refractivity contribution in [2.75, 3.05) is 7.11 Å². The van der Waals surface area contributed by atoms with Gasteiger partial charge in [-0.05, 0) is 47.7 Å². The van der Waals surface area contributed by atoms with Gasteiger partial charge in [-0.25, -0.2) is 0 Å². The van der Waals surface area contributed by atoms with Crippen LogP contribution in [0.5, 0.6) is 5.75 Å². The van der Waals surface area contributed by atoms with E-state index in [0.29, 0.717) is 0 Å². The van der Waals surface area contributed by atoms with Gasteiger partial charge in [-0.15, -0.1) is 0 Å². The van der Waals surface area contributed by atoms with Gasteiger partial charge < -0.3 is 4.74 Å². The number of hydrogen-bond acceptors (Lipinski definition) is 2. The third-order valence-corrected chi connectivity index (χ3v) is 5.25. The standard InChI is InChI=1S/C23H20O2/c1-25-20-12-13-21-17(16-20)14-15-23(22(21)24,18-8-4-2-5-9-18)19-10-6-3-7-11-19/h2-13,16H,14-15H2,1H3. The number of aryl methyl sites for hydroxylation is 1. The highest BCUT2D eigenvalue weighted by atomic mass is 16.5. The SMILES string of the molecule is COc1ccc2c(c1)CCC(c1ccccc1)(c1ccccc1)C2=O. The number of carbonyl (C=O) groups excluding carboxylic acids is 1. The second-order valence-corrected chi connectivity index (χ2v) is 6.49. The largest absolute Gasteiger partial charge is 0.497 e. The van der Waals surface area contributed by atoms with Gasteiger partial charge in [0.05, 0.1) is 12.5 Å². The fourth-order valence-electron chi connectivity index (χ4n) is 3.95. The molecule has 0 N–H and O–H groups in total. The van der Waals surface area contributed by atoms with Crippen molar-refractivity contribution in [1.29, 1.82) is 0 Å². The summed E-state index contributed by atoms with van der Waals surface area (Å²) in [6.07, 6.45) is 1.61. The third-order valence-electron chi connectivity index (χ3n) is 5.25. The van der Waals surface area contributed by atoms with Crippen molar-refractivity contribution in [1.82, 2.24) is 0 Å². The number of methoxy groups -OCH3 is 1. The molecule has 0 atom stereocenters. The first-order chi connectivity index (χ1) is 12.3. The lowest BCUT2D eigenvalue weighted by molar-refractivity contribution is 0.0893. The number of ether oxygens (including phenoxy) is 1. The van der Waals surface area contributed by atoms with Crippen molar-refractivity contribution in [2.45, 2.75) is 18.3 Å². The molecule has 0 bridgehead atoms. The highest BCUT2D eigenvalue weighted by Gasteiger charge is 2.45. The molecule has 124 valence electrons. The maximum absolute atomic E-state index is 13.7. The van der Waals surface area contributed by atoms with E-state index >= 15 is 0 Å². The van der Waals surface area contributed by atoms with Crippen LogP contribution in [0, 0.1) is 0 Å². The van der Waals surface area contributed by atoms with E-state index in [1.165, 1.54) is 0 Å². The summed E-state index contributed by atoms with van der Waals surface area (Å²) in [5.74, 6) is 0.979. The molecule has 0 radical (unpaired) electrons. The molecule has 1 aliphatic rings. The Morgan fingerprint density at radius 3 is 2.00 bits per heavy atom. The zero-order chi connectivity index (χ0) is 17.3. The number of carbonyl (C=O) groups is 1. The van der Waals surface area contributed by atoms with Gasteiger partial charge in [0.2, 0.25) is 0 Å². The lowest BCUT2D eigenvalue weighted by atomic mass is 9.63. The Balaban J connectivity index is 1.92. The van der Waals surface area contributed by atoms with Crippen molar-refractivity contribution in [2.24, 2.45) is 0 Å². The summed E-state index contributed by atoms with van der Waals surface area (Å²) in [5, 5.41) is 0. The smallest absolute Gasteiger partial charge is 0.178 e. The molecule has 3 aromatic carbocycles. The Morgan fingerprint density at radius 2 is 1.44 bits per heavy atom. The van der Waals surface area contributed by atoms with Crippen LogP contribution in [0.4, 0.5) is 0 Å². The average Bonchev–Trinajstić information content (AvgIpc) is 2.69. The maximum Gasteiger partial charge on any atom is 0.178 e. The van der Waals surface area contributed by atoms with Crippen LogP contribution in [-0.2, 0) is 11.8 Å². The average molecular weight is 328 g/mol. The summed E-state index contributed by atoms with van der Waals surface area (Å²) >= 11 is 0. The van der Waals surface area contributed by atoms with E-state index in [4.69, 9.17) is 4.74 Å². The minimum Gasteiger partial charge on any atom is -0.497 e. The summed E-state index contributed by atoms with van der Waals surface area (Å²) in [4.78, 5) is 13.7. The first kappa shape index (κ1) is 15.6. The first-order valence-electron chi connectivity index (χ1n) is 8.58. The van der Waals surface area contributed by atoms with Crippen LogP contribution in [-0.4, -0.2) is 12.9 Å². The number of hydrogen-bond donors (Lipinski definition) is 0. The van der Waals surface area contributed by atoms with Gasteiger partial charge in [0.15, 0.2) is 5.78 Å². The molecule has 1 aliphatic carbocycles. The fourth-order valence-corrected chi connectivity index (χ4v) is 3.95. The lowest BCUT2D eigenvalue weighted by Gasteiger charge is -2.38. The Bertz CT molecular complexity index is 858. The molecule has 3 aromatic rings. The molecule has 0 saturated heterocycles. The van der Waals surface area contributed by atoms with Crippen molar-refractivity contribution in [3.8, 4) is 5.75 Å². The summed E-state index contributed by atoms with van der Waals surface area (Å²) in [5.41, 5.74) is 3.39. The molecule has 0 saturated carbocycles. The van der Waals surface area contributed by atoms with Gasteiger partial charge in [-0.3, -0.25) is 4.79 Å². The molecule has 0 fully saturated rings. The van der Waals surface area contributed by atoms with Gasteiger partial charge in [0, 0.05) is 5.56 Å². The molecular formula is C23H20O2. The van der Waals surface area contributed by atoms with E-state index in [9.17, 15) is 4.79 Å². The zero-order valence-corrected chi connectivity index (χ0v) is 14.2. The van der Waals surface area contributed by atoms with E-state index in [2.05, 4.69) is 24.3 Å². The van der Waals surface area contributed by atoms with E-state index in [1.807, 2.05) is 54.6 Å². The summed E-state index contributed by atoms with van der Waals surface area (Å²) in [6, 6.07) is 26.1. The molecular weight excluding hydrogens is 308 g/mol. The molecule has 0 aliphatic heterocycles. The van der Waals surface area contributed by atoms with E-state index in [-0.39, 0.29) is 5.78 Å². The molecule has 0 unspecified atom stereocenters. The van der Waals surface area contributed by atoms with Gasteiger partial charge in [-0.1, -0.05) is 60.7 Å². The van der Waals surface area contributed by atoms with Gasteiger partial charge in [0.1, 0.15) is 5.75 Å². The highest BCUT2D eigenvalue weighted by molar-refractivity contribution is 6.08. The Labute approximate surface area is 148 Å². The summed E-state index contributed by atoms with van der Waals surface area (Å²) in [7, 11) is 1.66. The number of rotatable bonds is 3. The Hall–Kier alpha value is -2.87.